The smallest absolute Gasteiger partial charge is 0.225 e. The maximum Gasteiger partial charge on any atom is 0.225 e. The van der Waals surface area contributed by atoms with Gasteiger partial charge in [0.1, 0.15) is 0 Å². The van der Waals surface area contributed by atoms with Gasteiger partial charge in [-0.05, 0) is 12.8 Å². The third-order valence-electron chi connectivity index (χ3n) is 4.15. The standard InChI is InChI=1S/C15H20FN5O2/c16-11-9-18-15(20-14(11)21-5-7-23-8-6-21)19-12-4-2-1-3-10(12)13(17)22/h1-2,9-10,12H,3-8H2,(H2,17,22)(H,18,19,20)/t10-,12-/m1/s1. The van der Waals surface area contributed by atoms with Crippen molar-refractivity contribution in [1.29, 1.82) is 0 Å². The Morgan fingerprint density at radius 3 is 2.83 bits per heavy atom. The molecule has 0 bridgehead atoms. The van der Waals surface area contributed by atoms with Gasteiger partial charge in [0, 0.05) is 19.1 Å². The van der Waals surface area contributed by atoms with Crippen molar-refractivity contribution < 1.29 is 13.9 Å². The van der Waals surface area contributed by atoms with Crippen LogP contribution in [0.1, 0.15) is 12.8 Å². The molecule has 2 atom stereocenters. The molecule has 0 aromatic carbocycles. The van der Waals surface area contributed by atoms with Crippen LogP contribution in [0.4, 0.5) is 16.2 Å². The van der Waals surface area contributed by atoms with Crippen molar-refractivity contribution >= 4 is 17.7 Å². The van der Waals surface area contributed by atoms with Crippen LogP contribution >= 0.6 is 0 Å². The number of ether oxygens (including phenoxy) is 1. The Hall–Kier alpha value is -2.22. The summed E-state index contributed by atoms with van der Waals surface area (Å²) in [5, 5.41) is 3.12. The van der Waals surface area contributed by atoms with Crippen LogP contribution in [0.5, 0.6) is 0 Å². The van der Waals surface area contributed by atoms with Crippen molar-refractivity contribution in [2.75, 3.05) is 36.5 Å². The predicted molar refractivity (Wildman–Crippen MR) is 83.5 cm³/mol. The predicted octanol–water partition coefficient (Wildman–Crippen LogP) is 0.684. The lowest BCUT2D eigenvalue weighted by Gasteiger charge is -2.29. The summed E-state index contributed by atoms with van der Waals surface area (Å²) in [5.41, 5.74) is 5.45. The average Bonchev–Trinajstić information content (AvgIpc) is 2.58. The Balaban J connectivity index is 1.77. The molecule has 23 heavy (non-hydrogen) atoms. The topological polar surface area (TPSA) is 93.4 Å². The van der Waals surface area contributed by atoms with E-state index in [-0.39, 0.29) is 23.7 Å². The van der Waals surface area contributed by atoms with Gasteiger partial charge in [-0.2, -0.15) is 4.98 Å². The number of halogens is 1. The number of nitrogens with one attached hydrogen (secondary N) is 1. The SMILES string of the molecule is NC(=O)[C@@H]1CC=CC[C@H]1Nc1ncc(F)c(N2CCOCC2)n1. The lowest BCUT2D eigenvalue weighted by atomic mass is 9.88. The molecule has 3 N–H and O–H groups in total. The quantitative estimate of drug-likeness (QED) is 0.792. The van der Waals surface area contributed by atoms with Crippen LogP contribution in [0.2, 0.25) is 0 Å². The molecule has 124 valence electrons. The lowest BCUT2D eigenvalue weighted by Crippen LogP contribution is -2.40. The summed E-state index contributed by atoms with van der Waals surface area (Å²) in [7, 11) is 0. The van der Waals surface area contributed by atoms with E-state index in [0.29, 0.717) is 45.1 Å². The minimum Gasteiger partial charge on any atom is -0.378 e. The molecule has 8 heteroatoms. The van der Waals surface area contributed by atoms with E-state index in [9.17, 15) is 9.18 Å². The van der Waals surface area contributed by atoms with Gasteiger partial charge in [-0.3, -0.25) is 4.79 Å². The third kappa shape index (κ3) is 3.58. The van der Waals surface area contributed by atoms with Crippen molar-refractivity contribution in [1.82, 2.24) is 9.97 Å². The van der Waals surface area contributed by atoms with E-state index in [1.807, 2.05) is 17.1 Å². The normalized spacial score (nSPS) is 24.5. The van der Waals surface area contributed by atoms with Crippen LogP contribution in [-0.2, 0) is 9.53 Å². The number of allylic oxidation sites excluding steroid dienone is 1. The summed E-state index contributed by atoms with van der Waals surface area (Å²) < 4.78 is 19.3. The zero-order valence-electron chi connectivity index (χ0n) is 12.7. The molecule has 2 heterocycles. The van der Waals surface area contributed by atoms with Gasteiger partial charge in [0.2, 0.25) is 11.9 Å². The first kappa shape index (κ1) is 15.7. The van der Waals surface area contributed by atoms with Gasteiger partial charge < -0.3 is 20.7 Å². The number of morpholine rings is 1. The molecule has 1 amide bonds. The fourth-order valence-corrected chi connectivity index (χ4v) is 2.88. The van der Waals surface area contributed by atoms with Gasteiger partial charge in [-0.1, -0.05) is 12.2 Å². The first-order valence-electron chi connectivity index (χ1n) is 7.71. The van der Waals surface area contributed by atoms with Crippen molar-refractivity contribution in [3.63, 3.8) is 0 Å². The Morgan fingerprint density at radius 2 is 2.09 bits per heavy atom. The fraction of sp³-hybridized carbons (Fsp3) is 0.533. The zero-order chi connectivity index (χ0) is 16.2. The van der Waals surface area contributed by atoms with Gasteiger partial charge in [0.05, 0.1) is 25.3 Å². The molecule has 0 unspecified atom stereocenters. The summed E-state index contributed by atoms with van der Waals surface area (Å²) >= 11 is 0. The number of rotatable bonds is 4. The second-order valence-electron chi connectivity index (χ2n) is 5.67. The molecule has 1 aliphatic heterocycles. The Morgan fingerprint density at radius 1 is 1.35 bits per heavy atom. The van der Waals surface area contributed by atoms with E-state index in [0.717, 1.165) is 6.20 Å². The molecule has 0 radical (unpaired) electrons. The number of carbonyl (C=O) groups excluding carboxylic acids is 1. The average molecular weight is 321 g/mol. The summed E-state index contributed by atoms with van der Waals surface area (Å²) in [5.74, 6) is -0.581. The number of aromatic nitrogens is 2. The number of nitrogens with two attached hydrogens (primary N) is 1. The summed E-state index contributed by atoms with van der Waals surface area (Å²) in [4.78, 5) is 21.7. The minimum absolute atomic E-state index is 0.180. The summed E-state index contributed by atoms with van der Waals surface area (Å²) in [6, 6.07) is -0.180. The number of anilines is 2. The molecule has 0 spiro atoms. The molecule has 1 aliphatic carbocycles. The Kier molecular flexibility index (Phi) is 4.71. The summed E-state index contributed by atoms with van der Waals surface area (Å²) in [6.45, 7) is 2.26. The van der Waals surface area contributed by atoms with E-state index in [2.05, 4.69) is 15.3 Å². The maximum absolute atomic E-state index is 14.0. The van der Waals surface area contributed by atoms with E-state index >= 15 is 0 Å². The van der Waals surface area contributed by atoms with Crippen LogP contribution in [0.25, 0.3) is 0 Å². The van der Waals surface area contributed by atoms with Crippen LogP contribution in [0.15, 0.2) is 18.3 Å². The van der Waals surface area contributed by atoms with Crippen molar-refractivity contribution in [2.24, 2.45) is 11.7 Å². The molecular formula is C15H20FN5O2. The highest BCUT2D eigenvalue weighted by Crippen LogP contribution is 2.23. The molecular weight excluding hydrogens is 301 g/mol. The van der Waals surface area contributed by atoms with Crippen LogP contribution in [0.3, 0.4) is 0 Å². The highest BCUT2D eigenvalue weighted by molar-refractivity contribution is 5.78. The highest BCUT2D eigenvalue weighted by atomic mass is 19.1. The summed E-state index contributed by atoms with van der Waals surface area (Å²) in [6.07, 6.45) is 6.33. The highest BCUT2D eigenvalue weighted by Gasteiger charge is 2.28. The Bertz CT molecular complexity index is 604. The second kappa shape index (κ2) is 6.91. The molecule has 1 saturated heterocycles. The number of hydrogen-bond acceptors (Lipinski definition) is 6. The fourth-order valence-electron chi connectivity index (χ4n) is 2.88. The van der Waals surface area contributed by atoms with Gasteiger partial charge in [-0.25, -0.2) is 9.37 Å². The van der Waals surface area contributed by atoms with Crippen molar-refractivity contribution in [3.8, 4) is 0 Å². The molecule has 1 aromatic heterocycles. The van der Waals surface area contributed by atoms with E-state index in [1.54, 1.807) is 0 Å². The van der Waals surface area contributed by atoms with Crippen LogP contribution < -0.4 is 16.0 Å². The van der Waals surface area contributed by atoms with Crippen LogP contribution in [0, 0.1) is 11.7 Å². The third-order valence-corrected chi connectivity index (χ3v) is 4.15. The number of primary amides is 1. The van der Waals surface area contributed by atoms with Crippen molar-refractivity contribution in [2.45, 2.75) is 18.9 Å². The van der Waals surface area contributed by atoms with Gasteiger partial charge in [0.15, 0.2) is 11.6 Å². The first-order chi connectivity index (χ1) is 11.1. The molecule has 1 aromatic rings. The number of amides is 1. The maximum atomic E-state index is 14.0. The molecule has 2 aliphatic rings. The van der Waals surface area contributed by atoms with Gasteiger partial charge in [-0.15, -0.1) is 0 Å². The Labute approximate surface area is 133 Å². The van der Waals surface area contributed by atoms with E-state index < -0.39 is 5.82 Å². The molecule has 1 fully saturated rings. The lowest BCUT2D eigenvalue weighted by molar-refractivity contribution is -0.122. The molecule has 7 nitrogen and oxygen atoms in total. The first-order valence-corrected chi connectivity index (χ1v) is 7.71. The zero-order valence-corrected chi connectivity index (χ0v) is 12.7. The largest absolute Gasteiger partial charge is 0.378 e. The van der Waals surface area contributed by atoms with Gasteiger partial charge in [0.25, 0.3) is 0 Å². The number of hydrogen-bond donors (Lipinski definition) is 2. The van der Waals surface area contributed by atoms with Crippen molar-refractivity contribution in [3.05, 3.63) is 24.2 Å². The van der Waals surface area contributed by atoms with E-state index in [1.165, 1.54) is 0 Å². The second-order valence-corrected chi connectivity index (χ2v) is 5.67. The number of carbonyl (C=O) groups is 1. The molecule has 0 saturated carbocycles. The van der Waals surface area contributed by atoms with E-state index in [4.69, 9.17) is 10.5 Å². The monoisotopic (exact) mass is 321 g/mol. The minimum atomic E-state index is -0.465. The molecule has 3 rings (SSSR count). The number of nitrogens with zero attached hydrogens (tertiary/aromatic N) is 3. The van der Waals surface area contributed by atoms with Gasteiger partial charge >= 0.3 is 0 Å². The van der Waals surface area contributed by atoms with Crippen LogP contribution in [-0.4, -0.2) is 48.2 Å².